The number of methoxy groups -OCH3 is 1. The largest absolute Gasteiger partial charge is 0.497 e. The number of aromatic nitrogens is 1. The second-order valence-corrected chi connectivity index (χ2v) is 8.97. The molecule has 0 saturated carbocycles. The maximum Gasteiger partial charge on any atom is 0.257 e. The summed E-state index contributed by atoms with van der Waals surface area (Å²) in [6.07, 6.45) is 0. The van der Waals surface area contributed by atoms with Crippen molar-refractivity contribution in [2.75, 3.05) is 12.4 Å². The number of hydrogen-bond acceptors (Lipinski definition) is 5. The zero-order chi connectivity index (χ0) is 22.0. The molecule has 9 heteroatoms. The van der Waals surface area contributed by atoms with Gasteiger partial charge in [0.25, 0.3) is 5.91 Å². The van der Waals surface area contributed by atoms with Crippen molar-refractivity contribution in [3.05, 3.63) is 74.3 Å². The summed E-state index contributed by atoms with van der Waals surface area (Å²) in [5, 5.41) is 5.86. The normalized spacial score (nSPS) is 10.7. The first-order valence-corrected chi connectivity index (χ1v) is 11.3. The van der Waals surface area contributed by atoms with Gasteiger partial charge in [-0.15, -0.1) is 0 Å². The third-order valence-electron chi connectivity index (χ3n) is 4.38. The fourth-order valence-electron chi connectivity index (χ4n) is 2.86. The zero-order valence-corrected chi connectivity index (χ0v) is 20.7. The van der Waals surface area contributed by atoms with E-state index in [9.17, 15) is 4.79 Å². The van der Waals surface area contributed by atoms with E-state index in [1.807, 2.05) is 36.4 Å². The number of thiocarbonyl (C=S) groups is 1. The Morgan fingerprint density at radius 2 is 1.90 bits per heavy atom. The number of ether oxygens (including phenoxy) is 1. The van der Waals surface area contributed by atoms with Gasteiger partial charge in [0.05, 0.1) is 12.7 Å². The van der Waals surface area contributed by atoms with Crippen LogP contribution in [0.15, 0.2) is 69.6 Å². The molecule has 1 amide bonds. The van der Waals surface area contributed by atoms with Crippen molar-refractivity contribution in [3.8, 4) is 17.2 Å². The van der Waals surface area contributed by atoms with Gasteiger partial charge in [0, 0.05) is 19.3 Å². The smallest absolute Gasteiger partial charge is 0.257 e. The molecule has 31 heavy (non-hydrogen) atoms. The Morgan fingerprint density at radius 3 is 2.65 bits per heavy atom. The molecule has 0 aliphatic rings. The summed E-state index contributed by atoms with van der Waals surface area (Å²) >= 11 is 11.1. The van der Waals surface area contributed by atoms with E-state index in [0.717, 1.165) is 13.6 Å². The lowest BCUT2D eigenvalue weighted by Crippen LogP contribution is -2.34. The summed E-state index contributed by atoms with van der Waals surface area (Å²) in [6.45, 7) is 0. The molecule has 0 saturated heterocycles. The molecule has 0 bridgehead atoms. The molecule has 4 aromatic rings. The fourth-order valence-corrected chi connectivity index (χ4v) is 3.98. The summed E-state index contributed by atoms with van der Waals surface area (Å²) in [5.74, 6) is 0.885. The van der Waals surface area contributed by atoms with Gasteiger partial charge in [0.1, 0.15) is 11.3 Å². The number of oxazole rings is 1. The number of hydrogen-bond donors (Lipinski definition) is 2. The number of anilines is 1. The highest BCUT2D eigenvalue weighted by Gasteiger charge is 2.13. The Morgan fingerprint density at radius 1 is 1.13 bits per heavy atom. The summed E-state index contributed by atoms with van der Waals surface area (Å²) in [6, 6.07) is 18.2. The van der Waals surface area contributed by atoms with Crippen molar-refractivity contribution in [3.63, 3.8) is 0 Å². The van der Waals surface area contributed by atoms with Crippen molar-refractivity contribution in [1.82, 2.24) is 10.3 Å². The SMILES string of the molecule is COc1ccc(C(=O)NC(=S)Nc2ccc3oc(-c4cc(I)ccc4Br)nc3c2)cc1. The molecule has 0 unspecified atom stereocenters. The molecular formula is C22H15BrIN3O3S. The van der Waals surface area contributed by atoms with E-state index in [-0.39, 0.29) is 11.0 Å². The number of amides is 1. The fraction of sp³-hybridized carbons (Fsp3) is 0.0455. The van der Waals surface area contributed by atoms with E-state index in [1.54, 1.807) is 31.4 Å². The molecule has 0 aliphatic carbocycles. The van der Waals surface area contributed by atoms with Gasteiger partial charge < -0.3 is 14.5 Å². The highest BCUT2D eigenvalue weighted by atomic mass is 127. The molecule has 1 aromatic heterocycles. The van der Waals surface area contributed by atoms with Gasteiger partial charge in [-0.1, -0.05) is 0 Å². The Labute approximate surface area is 205 Å². The number of carbonyl (C=O) groups is 1. The number of nitrogens with one attached hydrogen (secondary N) is 2. The first-order chi connectivity index (χ1) is 14.9. The summed E-state index contributed by atoms with van der Waals surface area (Å²) in [4.78, 5) is 17.0. The van der Waals surface area contributed by atoms with Gasteiger partial charge in [-0.3, -0.25) is 10.1 Å². The molecule has 1 heterocycles. The zero-order valence-electron chi connectivity index (χ0n) is 16.1. The van der Waals surface area contributed by atoms with Gasteiger partial charge in [-0.25, -0.2) is 4.98 Å². The molecule has 3 aromatic carbocycles. The number of nitrogens with zero attached hydrogens (tertiary/aromatic N) is 1. The van der Waals surface area contributed by atoms with Crippen molar-refractivity contribution < 1.29 is 13.9 Å². The van der Waals surface area contributed by atoms with Crippen molar-refractivity contribution in [2.24, 2.45) is 0 Å². The molecule has 0 atom stereocenters. The van der Waals surface area contributed by atoms with Gasteiger partial charge in [-0.05, 0) is 111 Å². The second kappa shape index (κ2) is 9.33. The standard InChI is InChI=1S/C22H15BrIN3O3S/c1-29-15-6-2-12(3-7-15)20(28)27-22(31)25-14-5-9-19-18(11-14)26-21(30-19)16-10-13(24)4-8-17(16)23/h2-11H,1H3,(H2,25,27,28,31). The Bertz CT molecular complexity index is 1290. The molecule has 2 N–H and O–H groups in total. The minimum atomic E-state index is -0.312. The lowest BCUT2D eigenvalue weighted by atomic mass is 10.2. The van der Waals surface area contributed by atoms with Crippen LogP contribution in [0, 0.1) is 3.57 Å². The molecular weight excluding hydrogens is 593 g/mol. The van der Waals surface area contributed by atoms with Crippen LogP contribution >= 0.6 is 50.7 Å². The monoisotopic (exact) mass is 607 g/mol. The quantitative estimate of drug-likeness (QED) is 0.219. The lowest BCUT2D eigenvalue weighted by molar-refractivity contribution is 0.0977. The average molecular weight is 608 g/mol. The first-order valence-electron chi connectivity index (χ1n) is 9.05. The van der Waals surface area contributed by atoms with Crippen LogP contribution < -0.4 is 15.4 Å². The Kier molecular flexibility index (Phi) is 6.54. The predicted octanol–water partition coefficient (Wildman–Crippen LogP) is 6.00. The van der Waals surface area contributed by atoms with E-state index in [4.69, 9.17) is 21.4 Å². The second-order valence-electron chi connectivity index (χ2n) is 6.46. The van der Waals surface area contributed by atoms with E-state index < -0.39 is 0 Å². The van der Waals surface area contributed by atoms with Crippen LogP contribution in [0.5, 0.6) is 5.75 Å². The maximum absolute atomic E-state index is 12.4. The van der Waals surface area contributed by atoms with Gasteiger partial charge in [-0.2, -0.15) is 0 Å². The molecule has 6 nitrogen and oxygen atoms in total. The topological polar surface area (TPSA) is 76.4 Å². The van der Waals surface area contributed by atoms with Crippen LogP contribution in [-0.2, 0) is 0 Å². The molecule has 0 fully saturated rings. The number of fused-ring (bicyclic) bond motifs is 1. The predicted molar refractivity (Wildman–Crippen MR) is 137 cm³/mol. The highest BCUT2D eigenvalue weighted by molar-refractivity contribution is 14.1. The molecule has 0 spiro atoms. The number of benzene rings is 3. The third-order valence-corrected chi connectivity index (χ3v) is 5.95. The number of carbonyl (C=O) groups excluding carboxylic acids is 1. The van der Waals surface area contributed by atoms with Crippen molar-refractivity contribution in [1.29, 1.82) is 0 Å². The number of rotatable bonds is 4. The minimum Gasteiger partial charge on any atom is -0.497 e. The minimum absolute atomic E-state index is 0.184. The third kappa shape index (κ3) is 5.05. The van der Waals surface area contributed by atoms with Crippen molar-refractivity contribution in [2.45, 2.75) is 0 Å². The summed E-state index contributed by atoms with van der Waals surface area (Å²) < 4.78 is 13.0. The van der Waals surface area contributed by atoms with Crippen LogP contribution in [0.25, 0.3) is 22.6 Å². The number of halogens is 2. The summed E-state index contributed by atoms with van der Waals surface area (Å²) in [5.41, 5.74) is 3.37. The van der Waals surface area contributed by atoms with E-state index in [2.05, 4.69) is 54.1 Å². The first kappa shape index (κ1) is 21.7. The molecule has 4 rings (SSSR count). The lowest BCUT2D eigenvalue weighted by Gasteiger charge is -2.09. The van der Waals surface area contributed by atoms with Crippen LogP contribution in [0.3, 0.4) is 0 Å². The van der Waals surface area contributed by atoms with Crippen LogP contribution in [0.4, 0.5) is 5.69 Å². The molecule has 156 valence electrons. The Hall–Kier alpha value is -2.50. The van der Waals surface area contributed by atoms with E-state index in [1.165, 1.54) is 0 Å². The maximum atomic E-state index is 12.4. The van der Waals surface area contributed by atoms with Crippen molar-refractivity contribution >= 4 is 78.5 Å². The molecule has 0 aliphatic heterocycles. The van der Waals surface area contributed by atoms with Crippen LogP contribution in [0.2, 0.25) is 0 Å². The average Bonchev–Trinajstić information content (AvgIpc) is 3.18. The molecule has 0 radical (unpaired) electrons. The van der Waals surface area contributed by atoms with Crippen LogP contribution in [-0.4, -0.2) is 23.1 Å². The van der Waals surface area contributed by atoms with Gasteiger partial charge in [0.2, 0.25) is 5.89 Å². The summed E-state index contributed by atoms with van der Waals surface area (Å²) in [7, 11) is 1.57. The highest BCUT2D eigenvalue weighted by Crippen LogP contribution is 2.32. The van der Waals surface area contributed by atoms with E-state index >= 15 is 0 Å². The van der Waals surface area contributed by atoms with E-state index in [0.29, 0.717) is 34.0 Å². The van der Waals surface area contributed by atoms with Crippen LogP contribution in [0.1, 0.15) is 10.4 Å². The van der Waals surface area contributed by atoms with Gasteiger partial charge >= 0.3 is 0 Å². The Balaban J connectivity index is 1.48. The van der Waals surface area contributed by atoms with Gasteiger partial charge in [0.15, 0.2) is 10.7 Å².